The fraction of sp³-hybridized carbons (Fsp3) is 0.267. The molecular weight excluding hydrogens is 318 g/mol. The first-order valence-corrected chi connectivity index (χ1v) is 7.79. The van der Waals surface area contributed by atoms with E-state index in [0.29, 0.717) is 16.0 Å². The number of benzene rings is 2. The van der Waals surface area contributed by atoms with Crippen molar-refractivity contribution in [3.05, 3.63) is 39.9 Å². The van der Waals surface area contributed by atoms with Gasteiger partial charge in [0, 0.05) is 11.3 Å². The minimum Gasteiger partial charge on any atom is -0.508 e. The lowest BCUT2D eigenvalue weighted by Gasteiger charge is -2.10. The SMILES string of the molecule is CC(C)C(=O)OCc1cc2cc(O)c([Si]O)cc2cc1[N+](=O)[O-]. The van der Waals surface area contributed by atoms with Gasteiger partial charge in [0.05, 0.1) is 16.4 Å². The van der Waals surface area contributed by atoms with E-state index in [-0.39, 0.29) is 29.5 Å². The first kappa shape index (κ1) is 16.9. The molecule has 0 aliphatic rings. The standard InChI is InChI=1S/C15H15NO6Si/c1-8(2)15(18)22-7-11-3-9-5-13(17)14(23-21)6-10(9)4-12(11)16(19)20/h3-6,8,17,21H,7H2,1-2H3. The Bertz CT molecular complexity index is 774. The van der Waals surface area contributed by atoms with Gasteiger partial charge in [0.2, 0.25) is 0 Å². The van der Waals surface area contributed by atoms with Crippen molar-refractivity contribution in [1.82, 2.24) is 0 Å². The molecule has 0 spiro atoms. The Morgan fingerprint density at radius 1 is 1.30 bits per heavy atom. The van der Waals surface area contributed by atoms with E-state index in [1.807, 2.05) is 0 Å². The number of ether oxygens (including phenoxy) is 1. The van der Waals surface area contributed by atoms with Gasteiger partial charge < -0.3 is 14.6 Å². The Morgan fingerprint density at radius 2 is 1.96 bits per heavy atom. The number of aromatic hydroxyl groups is 1. The van der Waals surface area contributed by atoms with Crippen molar-refractivity contribution < 1.29 is 24.4 Å². The van der Waals surface area contributed by atoms with Gasteiger partial charge in [-0.25, -0.2) is 0 Å². The predicted molar refractivity (Wildman–Crippen MR) is 84.5 cm³/mol. The zero-order valence-corrected chi connectivity index (χ0v) is 13.6. The van der Waals surface area contributed by atoms with Crippen molar-refractivity contribution in [3.63, 3.8) is 0 Å². The van der Waals surface area contributed by atoms with Gasteiger partial charge in [-0.15, -0.1) is 0 Å². The summed E-state index contributed by atoms with van der Waals surface area (Å²) in [5.41, 5.74) is 0.0714. The zero-order valence-electron chi connectivity index (χ0n) is 12.6. The second-order valence-electron chi connectivity index (χ2n) is 5.33. The van der Waals surface area contributed by atoms with Gasteiger partial charge in [0.15, 0.2) is 0 Å². The maximum Gasteiger partial charge on any atom is 0.308 e. The van der Waals surface area contributed by atoms with Crippen molar-refractivity contribution in [2.45, 2.75) is 20.5 Å². The van der Waals surface area contributed by atoms with E-state index < -0.39 is 20.7 Å². The molecule has 0 heterocycles. The van der Waals surface area contributed by atoms with Crippen LogP contribution >= 0.6 is 0 Å². The normalized spacial score (nSPS) is 11.0. The van der Waals surface area contributed by atoms with Crippen LogP contribution in [-0.4, -0.2) is 30.6 Å². The second kappa shape index (κ2) is 6.76. The maximum absolute atomic E-state index is 11.5. The highest BCUT2D eigenvalue weighted by Crippen LogP contribution is 2.28. The summed E-state index contributed by atoms with van der Waals surface area (Å²) in [7, 11) is -0.615. The number of nitrogens with zero attached hydrogens (tertiary/aromatic N) is 1. The highest BCUT2D eigenvalue weighted by atomic mass is 28.2. The van der Waals surface area contributed by atoms with Crippen LogP contribution in [0.2, 0.25) is 0 Å². The highest BCUT2D eigenvalue weighted by molar-refractivity contribution is 6.47. The molecule has 8 heteroatoms. The first-order chi connectivity index (χ1) is 10.8. The highest BCUT2D eigenvalue weighted by Gasteiger charge is 2.18. The number of nitro groups is 1. The summed E-state index contributed by atoms with van der Waals surface area (Å²) < 4.78 is 5.06. The zero-order chi connectivity index (χ0) is 17.1. The van der Waals surface area contributed by atoms with Crippen molar-refractivity contribution >= 4 is 37.4 Å². The summed E-state index contributed by atoms with van der Waals surface area (Å²) in [6.07, 6.45) is 0. The van der Waals surface area contributed by atoms with Crippen LogP contribution in [0.15, 0.2) is 24.3 Å². The number of phenolic OH excluding ortho intramolecular Hbond substituents is 1. The Kier molecular flexibility index (Phi) is 4.97. The van der Waals surface area contributed by atoms with Gasteiger partial charge in [-0.05, 0) is 29.0 Å². The summed E-state index contributed by atoms with van der Waals surface area (Å²) in [6, 6.07) is 5.77. The summed E-state index contributed by atoms with van der Waals surface area (Å²) in [5.74, 6) is -0.858. The van der Waals surface area contributed by atoms with Crippen molar-refractivity contribution in [2.24, 2.45) is 5.92 Å². The van der Waals surface area contributed by atoms with E-state index >= 15 is 0 Å². The number of fused-ring (bicyclic) bond motifs is 1. The number of hydrogen-bond donors (Lipinski definition) is 2. The van der Waals surface area contributed by atoms with Crippen molar-refractivity contribution in [1.29, 1.82) is 0 Å². The molecule has 2 rings (SSSR count). The molecule has 0 saturated heterocycles. The molecule has 2 aromatic carbocycles. The third-order valence-corrected chi connectivity index (χ3v) is 3.95. The number of carbonyl (C=O) groups excluding carboxylic acids is 1. The minimum absolute atomic E-state index is 0.0858. The molecule has 0 aliphatic heterocycles. The third kappa shape index (κ3) is 3.66. The molecule has 0 fully saturated rings. The molecule has 0 atom stereocenters. The van der Waals surface area contributed by atoms with Crippen LogP contribution in [0.3, 0.4) is 0 Å². The summed E-state index contributed by atoms with van der Waals surface area (Å²) >= 11 is 0. The Labute approximate surface area is 134 Å². The molecular formula is C15H15NO6Si. The lowest BCUT2D eigenvalue weighted by Crippen LogP contribution is -2.14. The number of esters is 1. The summed E-state index contributed by atoms with van der Waals surface area (Å²) in [5, 5.41) is 22.4. The Morgan fingerprint density at radius 3 is 2.52 bits per heavy atom. The molecule has 0 aliphatic carbocycles. The Balaban J connectivity index is 2.48. The molecule has 23 heavy (non-hydrogen) atoms. The van der Waals surface area contributed by atoms with Crippen LogP contribution in [0.1, 0.15) is 19.4 Å². The molecule has 2 radical (unpaired) electrons. The van der Waals surface area contributed by atoms with E-state index in [9.17, 15) is 24.8 Å². The van der Waals surface area contributed by atoms with Crippen molar-refractivity contribution in [2.75, 3.05) is 0 Å². The molecule has 0 amide bonds. The second-order valence-corrected chi connectivity index (χ2v) is 6.09. The average molecular weight is 333 g/mol. The molecule has 2 aromatic rings. The van der Waals surface area contributed by atoms with Gasteiger partial charge in [-0.2, -0.15) is 0 Å². The molecule has 7 nitrogen and oxygen atoms in total. The molecule has 0 saturated carbocycles. The number of phenols is 1. The number of rotatable bonds is 5. The first-order valence-electron chi connectivity index (χ1n) is 6.84. The monoisotopic (exact) mass is 333 g/mol. The van der Waals surface area contributed by atoms with E-state index in [2.05, 4.69) is 0 Å². The third-order valence-electron chi connectivity index (χ3n) is 3.31. The van der Waals surface area contributed by atoms with Gasteiger partial charge in [0.1, 0.15) is 12.4 Å². The quantitative estimate of drug-likeness (QED) is 0.370. The largest absolute Gasteiger partial charge is 0.508 e. The van der Waals surface area contributed by atoms with Gasteiger partial charge >= 0.3 is 5.97 Å². The summed E-state index contributed by atoms with van der Waals surface area (Å²) in [4.78, 5) is 31.4. The lowest BCUT2D eigenvalue weighted by atomic mass is 10.0. The Hall–Kier alpha value is -2.45. The molecule has 120 valence electrons. The smallest absolute Gasteiger partial charge is 0.308 e. The van der Waals surface area contributed by atoms with Crippen LogP contribution in [0.25, 0.3) is 10.8 Å². The molecule has 0 bridgehead atoms. The van der Waals surface area contributed by atoms with Gasteiger partial charge in [-0.1, -0.05) is 13.8 Å². The molecule has 0 aromatic heterocycles. The van der Waals surface area contributed by atoms with E-state index in [1.165, 1.54) is 24.3 Å². The maximum atomic E-state index is 11.5. The number of carbonyl (C=O) groups is 1. The van der Waals surface area contributed by atoms with Gasteiger partial charge in [0.25, 0.3) is 15.5 Å². The van der Waals surface area contributed by atoms with E-state index in [1.54, 1.807) is 13.8 Å². The van der Waals surface area contributed by atoms with Crippen LogP contribution in [0.4, 0.5) is 5.69 Å². The fourth-order valence-electron chi connectivity index (χ4n) is 2.06. The molecule has 0 unspecified atom stereocenters. The van der Waals surface area contributed by atoms with Crippen LogP contribution < -0.4 is 5.19 Å². The predicted octanol–water partition coefficient (Wildman–Crippen LogP) is 1.39. The lowest BCUT2D eigenvalue weighted by molar-refractivity contribution is -0.385. The van der Waals surface area contributed by atoms with E-state index in [4.69, 9.17) is 4.74 Å². The topological polar surface area (TPSA) is 110 Å². The summed E-state index contributed by atoms with van der Waals surface area (Å²) in [6.45, 7) is 3.13. The van der Waals surface area contributed by atoms with Crippen LogP contribution in [0.5, 0.6) is 5.75 Å². The van der Waals surface area contributed by atoms with Crippen LogP contribution in [-0.2, 0) is 16.1 Å². The minimum atomic E-state index is -0.615. The average Bonchev–Trinajstić information content (AvgIpc) is 2.50. The van der Waals surface area contributed by atoms with E-state index in [0.717, 1.165) is 0 Å². The van der Waals surface area contributed by atoms with Gasteiger partial charge in [-0.3, -0.25) is 14.9 Å². The fourth-order valence-corrected chi connectivity index (χ4v) is 2.47. The molecule has 2 N–H and O–H groups in total. The number of nitro benzene ring substituents is 1. The van der Waals surface area contributed by atoms with Crippen molar-refractivity contribution in [3.8, 4) is 5.75 Å². The number of hydrogen-bond acceptors (Lipinski definition) is 6. The van der Waals surface area contributed by atoms with Crippen LogP contribution in [0, 0.1) is 16.0 Å².